The molecule has 0 saturated carbocycles. The number of rotatable bonds is 5. The summed E-state index contributed by atoms with van der Waals surface area (Å²) >= 11 is 0. The van der Waals surface area contributed by atoms with E-state index in [-0.39, 0.29) is 5.56 Å². The van der Waals surface area contributed by atoms with Crippen LogP contribution in [0.15, 0.2) is 23.3 Å². The van der Waals surface area contributed by atoms with Crippen molar-refractivity contribution in [2.24, 2.45) is 0 Å². The molecule has 0 radical (unpaired) electrons. The van der Waals surface area contributed by atoms with Gasteiger partial charge in [-0.2, -0.15) is 5.10 Å². The Labute approximate surface area is 160 Å². The summed E-state index contributed by atoms with van der Waals surface area (Å²) in [4.78, 5) is 25.7. The van der Waals surface area contributed by atoms with Crippen LogP contribution in [-0.2, 0) is 25.9 Å². The summed E-state index contributed by atoms with van der Waals surface area (Å²) < 4.78 is 1.69. The molecule has 1 saturated heterocycles. The largest absolute Gasteiger partial charge is 0.347 e. The zero-order chi connectivity index (χ0) is 18.8. The van der Waals surface area contributed by atoms with Crippen LogP contribution in [0.4, 0.5) is 5.95 Å². The fourth-order valence-corrected chi connectivity index (χ4v) is 4.14. The first-order chi connectivity index (χ1) is 13.1. The fourth-order valence-electron chi connectivity index (χ4n) is 4.14. The minimum Gasteiger partial charge on any atom is -0.347 e. The second-order valence-corrected chi connectivity index (χ2v) is 7.90. The molecular formula is C20H28N6O. The average molecular weight is 368 g/mol. The maximum atomic E-state index is 12.5. The maximum absolute atomic E-state index is 12.5. The van der Waals surface area contributed by atoms with Gasteiger partial charge in [0.1, 0.15) is 0 Å². The van der Waals surface area contributed by atoms with E-state index in [1.807, 2.05) is 37.5 Å². The molecule has 1 unspecified atom stereocenters. The summed E-state index contributed by atoms with van der Waals surface area (Å²) in [6.07, 6.45) is 10.4. The Balaban J connectivity index is 1.46. The Morgan fingerprint density at radius 2 is 1.93 bits per heavy atom. The molecule has 1 fully saturated rings. The van der Waals surface area contributed by atoms with E-state index in [2.05, 4.69) is 14.9 Å². The number of aryl methyl sites for hydroxylation is 2. The van der Waals surface area contributed by atoms with Gasteiger partial charge in [0.2, 0.25) is 5.95 Å². The van der Waals surface area contributed by atoms with Crippen molar-refractivity contribution in [3.63, 3.8) is 0 Å². The molecule has 0 N–H and O–H groups in total. The normalized spacial score (nSPS) is 19.9. The fraction of sp³-hybridized carbons (Fsp3) is 0.600. The summed E-state index contributed by atoms with van der Waals surface area (Å²) in [7, 11) is 3.88. The van der Waals surface area contributed by atoms with Crippen LogP contribution < -0.4 is 10.5 Å². The first kappa shape index (κ1) is 18.1. The van der Waals surface area contributed by atoms with Crippen molar-refractivity contribution in [3.05, 3.63) is 45.6 Å². The van der Waals surface area contributed by atoms with Crippen LogP contribution in [0.2, 0.25) is 0 Å². The summed E-state index contributed by atoms with van der Waals surface area (Å²) in [6.45, 7) is 2.53. The average Bonchev–Trinajstić information content (AvgIpc) is 3.09. The molecule has 3 heterocycles. The van der Waals surface area contributed by atoms with Crippen LogP contribution >= 0.6 is 0 Å². The molecule has 2 aromatic rings. The van der Waals surface area contributed by atoms with E-state index in [1.54, 1.807) is 4.68 Å². The second kappa shape index (κ2) is 7.76. The highest BCUT2D eigenvalue weighted by Gasteiger charge is 2.26. The summed E-state index contributed by atoms with van der Waals surface area (Å²) in [6, 6.07) is 2.15. The monoisotopic (exact) mass is 368 g/mol. The second-order valence-electron chi connectivity index (χ2n) is 7.90. The summed E-state index contributed by atoms with van der Waals surface area (Å²) in [5.74, 6) is 0.724. The van der Waals surface area contributed by atoms with Crippen molar-refractivity contribution in [1.29, 1.82) is 0 Å². The van der Waals surface area contributed by atoms with Crippen LogP contribution in [0, 0.1) is 0 Å². The van der Waals surface area contributed by atoms with E-state index in [0.29, 0.717) is 12.6 Å². The predicted molar refractivity (Wildman–Crippen MR) is 105 cm³/mol. The van der Waals surface area contributed by atoms with Crippen molar-refractivity contribution in [2.75, 3.05) is 25.5 Å². The van der Waals surface area contributed by atoms with E-state index in [9.17, 15) is 4.79 Å². The number of nitrogens with zero attached hydrogens (tertiary/aromatic N) is 6. The molecule has 0 aromatic carbocycles. The molecule has 1 atom stereocenters. The highest BCUT2D eigenvalue weighted by atomic mass is 16.1. The summed E-state index contributed by atoms with van der Waals surface area (Å²) in [5, 5.41) is 4.70. The molecule has 0 amide bonds. The van der Waals surface area contributed by atoms with E-state index < -0.39 is 0 Å². The number of fused-ring (bicyclic) bond motifs is 1. The van der Waals surface area contributed by atoms with Crippen LogP contribution in [0.5, 0.6) is 0 Å². The Hall–Kier alpha value is -2.28. The molecule has 144 valence electrons. The SMILES string of the molecule is CN(C)c1ncc(CN2CCCC2Cn2nc3c(cc2=O)CCCC3)cn1. The maximum Gasteiger partial charge on any atom is 0.267 e. The van der Waals surface area contributed by atoms with Gasteiger partial charge >= 0.3 is 0 Å². The minimum absolute atomic E-state index is 0.0427. The molecule has 1 aliphatic carbocycles. The summed E-state index contributed by atoms with van der Waals surface area (Å²) in [5.41, 5.74) is 3.43. The molecule has 7 nitrogen and oxygen atoms in total. The number of aromatic nitrogens is 4. The van der Waals surface area contributed by atoms with Gasteiger partial charge in [-0.1, -0.05) is 0 Å². The molecule has 0 spiro atoms. The zero-order valence-corrected chi connectivity index (χ0v) is 16.3. The molecule has 1 aliphatic heterocycles. The lowest BCUT2D eigenvalue weighted by atomic mass is 9.97. The molecule has 27 heavy (non-hydrogen) atoms. The van der Waals surface area contributed by atoms with Gasteiger partial charge in [0.15, 0.2) is 0 Å². The van der Waals surface area contributed by atoms with E-state index in [0.717, 1.165) is 61.5 Å². The molecule has 2 aliphatic rings. The van der Waals surface area contributed by atoms with Gasteiger partial charge in [0.05, 0.1) is 12.2 Å². The zero-order valence-electron chi connectivity index (χ0n) is 16.3. The van der Waals surface area contributed by atoms with Gasteiger partial charge in [-0.05, 0) is 50.6 Å². The minimum atomic E-state index is 0.0427. The highest BCUT2D eigenvalue weighted by Crippen LogP contribution is 2.22. The van der Waals surface area contributed by atoms with Gasteiger partial charge in [-0.3, -0.25) is 9.69 Å². The Kier molecular flexibility index (Phi) is 5.20. The third-order valence-electron chi connectivity index (χ3n) is 5.63. The third-order valence-corrected chi connectivity index (χ3v) is 5.63. The quantitative estimate of drug-likeness (QED) is 0.799. The van der Waals surface area contributed by atoms with Gasteiger partial charge in [0.25, 0.3) is 5.56 Å². The van der Waals surface area contributed by atoms with E-state index in [1.165, 1.54) is 12.8 Å². The van der Waals surface area contributed by atoms with Crippen molar-refractivity contribution in [1.82, 2.24) is 24.6 Å². The number of hydrogen-bond acceptors (Lipinski definition) is 6. The molecule has 7 heteroatoms. The van der Waals surface area contributed by atoms with Crippen LogP contribution in [0.25, 0.3) is 0 Å². The topological polar surface area (TPSA) is 67.2 Å². The smallest absolute Gasteiger partial charge is 0.267 e. The number of anilines is 1. The molecule has 2 aromatic heterocycles. The van der Waals surface area contributed by atoms with Crippen molar-refractivity contribution in [3.8, 4) is 0 Å². The third kappa shape index (κ3) is 4.03. The van der Waals surface area contributed by atoms with E-state index >= 15 is 0 Å². The van der Waals surface area contributed by atoms with Crippen LogP contribution in [-0.4, -0.2) is 51.3 Å². The lowest BCUT2D eigenvalue weighted by molar-refractivity contribution is 0.215. The number of likely N-dealkylation sites (tertiary alicyclic amines) is 1. The first-order valence-corrected chi connectivity index (χ1v) is 9.92. The lowest BCUT2D eigenvalue weighted by Crippen LogP contribution is -2.37. The van der Waals surface area contributed by atoms with Crippen LogP contribution in [0.1, 0.15) is 42.5 Å². The lowest BCUT2D eigenvalue weighted by Gasteiger charge is -2.25. The van der Waals surface area contributed by atoms with Crippen molar-refractivity contribution in [2.45, 2.75) is 57.7 Å². The van der Waals surface area contributed by atoms with Gasteiger partial charge in [-0.25, -0.2) is 14.6 Å². The molecular weight excluding hydrogens is 340 g/mol. The van der Waals surface area contributed by atoms with E-state index in [4.69, 9.17) is 5.10 Å². The van der Waals surface area contributed by atoms with Crippen LogP contribution in [0.3, 0.4) is 0 Å². The first-order valence-electron chi connectivity index (χ1n) is 9.92. The standard InChI is InChI=1S/C20H28N6O/c1-24(2)20-21-11-15(12-22-20)13-25-9-5-7-17(25)14-26-19(27)10-16-6-3-4-8-18(16)23-26/h10-12,17H,3-9,13-14H2,1-2H3. The Morgan fingerprint density at radius 3 is 2.70 bits per heavy atom. The number of hydrogen-bond donors (Lipinski definition) is 0. The van der Waals surface area contributed by atoms with Gasteiger partial charge in [0, 0.05) is 50.7 Å². The van der Waals surface area contributed by atoms with Crippen molar-refractivity contribution >= 4 is 5.95 Å². The predicted octanol–water partition coefficient (Wildman–Crippen LogP) is 1.64. The molecule has 4 rings (SSSR count). The Bertz CT molecular complexity index is 845. The van der Waals surface area contributed by atoms with Crippen molar-refractivity contribution < 1.29 is 0 Å². The van der Waals surface area contributed by atoms with Gasteiger partial charge in [-0.15, -0.1) is 0 Å². The Morgan fingerprint density at radius 1 is 1.15 bits per heavy atom. The molecule has 0 bridgehead atoms. The van der Waals surface area contributed by atoms with Gasteiger partial charge < -0.3 is 4.90 Å². The highest BCUT2D eigenvalue weighted by molar-refractivity contribution is 5.26.